The number of anilines is 1. The maximum Gasteiger partial charge on any atom is 0.340 e. The Balaban J connectivity index is 1.56. The Hall–Kier alpha value is -2.70. The van der Waals surface area contributed by atoms with Crippen molar-refractivity contribution in [2.24, 2.45) is 0 Å². The zero-order valence-electron chi connectivity index (χ0n) is 13.9. The molecule has 3 aromatic rings. The van der Waals surface area contributed by atoms with Crippen LogP contribution >= 0.6 is 22.9 Å². The number of carbonyl (C=O) groups excluding carboxylic acids is 2. The highest BCUT2D eigenvalue weighted by atomic mass is 35.5. The van der Waals surface area contributed by atoms with Gasteiger partial charge in [0.1, 0.15) is 0 Å². The number of carbonyl (C=O) groups is 2. The van der Waals surface area contributed by atoms with Gasteiger partial charge in [-0.25, -0.2) is 9.78 Å². The highest BCUT2D eigenvalue weighted by Gasteiger charge is 2.14. The van der Waals surface area contributed by atoms with E-state index < -0.39 is 18.5 Å². The summed E-state index contributed by atoms with van der Waals surface area (Å²) in [6.07, 6.45) is 0. The normalized spacial score (nSPS) is 10.4. The summed E-state index contributed by atoms with van der Waals surface area (Å²) in [6, 6.07) is 14.5. The van der Waals surface area contributed by atoms with Crippen LogP contribution in [0.5, 0.6) is 0 Å². The Morgan fingerprint density at radius 1 is 1.15 bits per heavy atom. The lowest BCUT2D eigenvalue weighted by Gasteiger charge is -2.05. The van der Waals surface area contributed by atoms with Gasteiger partial charge in [0.25, 0.3) is 5.91 Å². The SMILES string of the molecule is Cc1ccc(-c2csc(NC(=O)COC(=O)c3ccccc3Cl)n2)cc1. The van der Waals surface area contributed by atoms with Crippen LogP contribution in [-0.2, 0) is 9.53 Å². The molecular weight excluding hydrogens is 372 g/mol. The molecule has 3 rings (SSSR count). The molecule has 0 saturated heterocycles. The first-order chi connectivity index (χ1) is 12.5. The minimum absolute atomic E-state index is 0.220. The summed E-state index contributed by atoms with van der Waals surface area (Å²) in [5.74, 6) is -1.11. The first-order valence-electron chi connectivity index (χ1n) is 7.77. The molecule has 1 amide bonds. The number of amides is 1. The largest absolute Gasteiger partial charge is 0.452 e. The van der Waals surface area contributed by atoms with Crippen LogP contribution in [-0.4, -0.2) is 23.5 Å². The van der Waals surface area contributed by atoms with Crippen LogP contribution in [0.15, 0.2) is 53.9 Å². The van der Waals surface area contributed by atoms with Gasteiger partial charge in [-0.3, -0.25) is 10.1 Å². The lowest BCUT2D eigenvalue weighted by Crippen LogP contribution is -2.21. The number of halogens is 1. The van der Waals surface area contributed by atoms with Gasteiger partial charge >= 0.3 is 5.97 Å². The Bertz CT molecular complexity index is 938. The summed E-state index contributed by atoms with van der Waals surface area (Å²) in [6.45, 7) is 1.60. The summed E-state index contributed by atoms with van der Waals surface area (Å²) in [5.41, 5.74) is 3.13. The minimum atomic E-state index is -0.648. The van der Waals surface area contributed by atoms with Crippen molar-refractivity contribution >= 4 is 39.9 Å². The van der Waals surface area contributed by atoms with Gasteiger partial charge in [0.2, 0.25) is 0 Å². The second kappa shape index (κ2) is 8.12. The molecule has 132 valence electrons. The summed E-state index contributed by atoms with van der Waals surface area (Å²) < 4.78 is 4.99. The zero-order valence-corrected chi connectivity index (χ0v) is 15.4. The Labute approximate surface area is 159 Å². The fraction of sp³-hybridized carbons (Fsp3) is 0.105. The average Bonchev–Trinajstić information content (AvgIpc) is 3.09. The number of ether oxygens (including phenoxy) is 1. The first-order valence-corrected chi connectivity index (χ1v) is 9.03. The van der Waals surface area contributed by atoms with Gasteiger partial charge in [-0.1, -0.05) is 53.6 Å². The predicted molar refractivity (Wildman–Crippen MR) is 103 cm³/mol. The van der Waals surface area contributed by atoms with E-state index in [1.807, 2.05) is 36.6 Å². The highest BCUT2D eigenvalue weighted by molar-refractivity contribution is 7.14. The quantitative estimate of drug-likeness (QED) is 0.652. The number of aryl methyl sites for hydroxylation is 1. The number of hydrogen-bond acceptors (Lipinski definition) is 5. The third-order valence-electron chi connectivity index (χ3n) is 3.53. The average molecular weight is 387 g/mol. The fourth-order valence-electron chi connectivity index (χ4n) is 2.18. The molecular formula is C19H15ClN2O3S. The van der Waals surface area contributed by atoms with E-state index in [1.165, 1.54) is 17.4 Å². The fourth-order valence-corrected chi connectivity index (χ4v) is 3.13. The van der Waals surface area contributed by atoms with Gasteiger partial charge in [0.05, 0.1) is 16.3 Å². The Kier molecular flexibility index (Phi) is 5.65. The van der Waals surface area contributed by atoms with E-state index in [1.54, 1.807) is 18.2 Å². The lowest BCUT2D eigenvalue weighted by molar-refractivity contribution is -0.119. The van der Waals surface area contributed by atoms with Crippen LogP contribution < -0.4 is 5.32 Å². The molecule has 7 heteroatoms. The van der Waals surface area contributed by atoms with Crippen molar-refractivity contribution < 1.29 is 14.3 Å². The van der Waals surface area contributed by atoms with Crippen molar-refractivity contribution in [3.8, 4) is 11.3 Å². The Morgan fingerprint density at radius 2 is 1.88 bits per heavy atom. The number of esters is 1. The molecule has 0 bridgehead atoms. The standard InChI is InChI=1S/C19H15ClN2O3S/c1-12-6-8-13(9-7-12)16-11-26-19(21-16)22-17(23)10-25-18(24)14-4-2-3-5-15(14)20/h2-9,11H,10H2,1H3,(H,21,22,23). The van der Waals surface area contributed by atoms with E-state index in [4.69, 9.17) is 16.3 Å². The van der Waals surface area contributed by atoms with Gasteiger partial charge in [-0.15, -0.1) is 11.3 Å². The van der Waals surface area contributed by atoms with Crippen molar-refractivity contribution in [3.05, 3.63) is 70.1 Å². The van der Waals surface area contributed by atoms with E-state index in [0.717, 1.165) is 16.8 Å². The third kappa shape index (κ3) is 4.47. The second-order valence-corrected chi connectivity index (χ2v) is 6.77. The van der Waals surface area contributed by atoms with Crippen molar-refractivity contribution in [1.82, 2.24) is 4.98 Å². The molecule has 1 N–H and O–H groups in total. The van der Waals surface area contributed by atoms with E-state index in [2.05, 4.69) is 10.3 Å². The molecule has 1 heterocycles. The number of benzene rings is 2. The van der Waals surface area contributed by atoms with Crippen LogP contribution in [0.2, 0.25) is 5.02 Å². The second-order valence-electron chi connectivity index (χ2n) is 5.51. The first kappa shape index (κ1) is 18.1. The molecule has 0 aliphatic heterocycles. The molecule has 0 saturated carbocycles. The summed E-state index contributed by atoms with van der Waals surface area (Å²) in [7, 11) is 0. The van der Waals surface area contributed by atoms with Crippen LogP contribution in [0.25, 0.3) is 11.3 Å². The maximum atomic E-state index is 12.0. The molecule has 0 fully saturated rings. The van der Waals surface area contributed by atoms with Crippen molar-refractivity contribution in [2.45, 2.75) is 6.92 Å². The number of rotatable bonds is 5. The molecule has 0 radical (unpaired) electrons. The molecule has 0 aliphatic rings. The molecule has 0 spiro atoms. The van der Waals surface area contributed by atoms with Crippen LogP contribution in [0, 0.1) is 6.92 Å². The van der Waals surface area contributed by atoms with Crippen molar-refractivity contribution in [3.63, 3.8) is 0 Å². The number of nitrogens with zero attached hydrogens (tertiary/aromatic N) is 1. The van der Waals surface area contributed by atoms with E-state index >= 15 is 0 Å². The summed E-state index contributed by atoms with van der Waals surface area (Å²) >= 11 is 7.23. The van der Waals surface area contributed by atoms with Crippen molar-refractivity contribution in [2.75, 3.05) is 11.9 Å². The molecule has 0 unspecified atom stereocenters. The zero-order chi connectivity index (χ0) is 18.5. The van der Waals surface area contributed by atoms with Crippen LogP contribution in [0.4, 0.5) is 5.13 Å². The lowest BCUT2D eigenvalue weighted by atomic mass is 10.1. The van der Waals surface area contributed by atoms with Crippen LogP contribution in [0.3, 0.4) is 0 Å². The van der Waals surface area contributed by atoms with E-state index in [-0.39, 0.29) is 10.6 Å². The van der Waals surface area contributed by atoms with E-state index in [9.17, 15) is 9.59 Å². The number of hydrogen-bond donors (Lipinski definition) is 1. The number of aromatic nitrogens is 1. The number of nitrogens with one attached hydrogen (secondary N) is 1. The molecule has 5 nitrogen and oxygen atoms in total. The van der Waals surface area contributed by atoms with Gasteiger partial charge in [0.15, 0.2) is 11.7 Å². The third-order valence-corrected chi connectivity index (χ3v) is 4.61. The molecule has 0 aliphatic carbocycles. The molecule has 0 atom stereocenters. The smallest absolute Gasteiger partial charge is 0.340 e. The molecule has 1 aromatic heterocycles. The molecule has 2 aromatic carbocycles. The monoisotopic (exact) mass is 386 g/mol. The minimum Gasteiger partial charge on any atom is -0.452 e. The van der Waals surface area contributed by atoms with Gasteiger partial charge in [-0.05, 0) is 19.1 Å². The summed E-state index contributed by atoms with van der Waals surface area (Å²) in [5, 5.41) is 5.20. The molecule has 26 heavy (non-hydrogen) atoms. The maximum absolute atomic E-state index is 12.0. The topological polar surface area (TPSA) is 68.3 Å². The summed E-state index contributed by atoms with van der Waals surface area (Å²) in [4.78, 5) is 28.3. The van der Waals surface area contributed by atoms with Gasteiger partial charge < -0.3 is 4.74 Å². The predicted octanol–water partition coefficient (Wildman–Crippen LogP) is 4.57. The van der Waals surface area contributed by atoms with Gasteiger partial charge in [-0.2, -0.15) is 0 Å². The van der Waals surface area contributed by atoms with Gasteiger partial charge in [0, 0.05) is 10.9 Å². The van der Waals surface area contributed by atoms with Crippen LogP contribution in [0.1, 0.15) is 15.9 Å². The Morgan fingerprint density at radius 3 is 2.62 bits per heavy atom. The van der Waals surface area contributed by atoms with Crippen molar-refractivity contribution in [1.29, 1.82) is 0 Å². The number of thiazole rings is 1. The van der Waals surface area contributed by atoms with E-state index in [0.29, 0.717) is 5.13 Å². The highest BCUT2D eigenvalue weighted by Crippen LogP contribution is 2.25.